The van der Waals surface area contributed by atoms with Crippen LogP contribution in [0.5, 0.6) is 5.75 Å². The second kappa shape index (κ2) is 7.53. The SMILES string of the molecule is COc1ccc2nc(Cl)c(CN3CCc4nc(C(C)C)[nH]c(=O)c4C3)cc2c1. The molecule has 0 radical (unpaired) electrons. The van der Waals surface area contributed by atoms with Crippen LogP contribution in [0, 0.1) is 0 Å². The van der Waals surface area contributed by atoms with Crippen molar-refractivity contribution in [3.63, 3.8) is 0 Å². The summed E-state index contributed by atoms with van der Waals surface area (Å²) < 4.78 is 5.30. The lowest BCUT2D eigenvalue weighted by Crippen LogP contribution is -2.36. The first-order valence-electron chi connectivity index (χ1n) is 9.42. The van der Waals surface area contributed by atoms with Crippen LogP contribution in [0.3, 0.4) is 0 Å². The molecule has 2 aromatic heterocycles. The maximum Gasteiger partial charge on any atom is 0.255 e. The molecule has 146 valence electrons. The van der Waals surface area contributed by atoms with Gasteiger partial charge in [0.05, 0.1) is 23.9 Å². The second-order valence-corrected chi connectivity index (χ2v) is 7.85. The van der Waals surface area contributed by atoms with E-state index in [-0.39, 0.29) is 11.5 Å². The molecule has 0 aliphatic carbocycles. The Balaban J connectivity index is 1.60. The summed E-state index contributed by atoms with van der Waals surface area (Å²) in [5, 5.41) is 1.47. The lowest BCUT2D eigenvalue weighted by atomic mass is 10.0. The van der Waals surface area contributed by atoms with Crippen LogP contribution in [-0.2, 0) is 19.5 Å². The molecule has 28 heavy (non-hydrogen) atoms. The van der Waals surface area contributed by atoms with Gasteiger partial charge in [0, 0.05) is 42.9 Å². The number of halogens is 1. The van der Waals surface area contributed by atoms with Gasteiger partial charge >= 0.3 is 0 Å². The molecule has 0 bridgehead atoms. The van der Waals surface area contributed by atoms with Crippen molar-refractivity contribution >= 4 is 22.5 Å². The van der Waals surface area contributed by atoms with Gasteiger partial charge in [-0.3, -0.25) is 9.69 Å². The average Bonchev–Trinajstić information content (AvgIpc) is 2.68. The van der Waals surface area contributed by atoms with Gasteiger partial charge in [-0.25, -0.2) is 9.97 Å². The number of ether oxygens (including phenoxy) is 1. The van der Waals surface area contributed by atoms with E-state index in [1.165, 1.54) is 0 Å². The number of aromatic nitrogens is 3. The van der Waals surface area contributed by atoms with E-state index in [0.717, 1.165) is 52.3 Å². The van der Waals surface area contributed by atoms with Gasteiger partial charge < -0.3 is 9.72 Å². The highest BCUT2D eigenvalue weighted by atomic mass is 35.5. The Morgan fingerprint density at radius 3 is 2.86 bits per heavy atom. The third-order valence-corrected chi connectivity index (χ3v) is 5.48. The van der Waals surface area contributed by atoms with Crippen LogP contribution < -0.4 is 10.3 Å². The fourth-order valence-electron chi connectivity index (χ4n) is 3.56. The van der Waals surface area contributed by atoms with E-state index in [1.807, 2.05) is 38.1 Å². The predicted molar refractivity (Wildman–Crippen MR) is 110 cm³/mol. The minimum atomic E-state index is -0.0362. The molecule has 4 rings (SSSR count). The Morgan fingerprint density at radius 1 is 1.29 bits per heavy atom. The van der Waals surface area contributed by atoms with Gasteiger partial charge in [0.25, 0.3) is 5.56 Å². The number of nitrogens with one attached hydrogen (secondary N) is 1. The smallest absolute Gasteiger partial charge is 0.255 e. The molecule has 0 atom stereocenters. The van der Waals surface area contributed by atoms with E-state index in [2.05, 4.69) is 19.9 Å². The van der Waals surface area contributed by atoms with Crippen LogP contribution >= 0.6 is 11.6 Å². The Kier molecular flexibility index (Phi) is 5.08. The van der Waals surface area contributed by atoms with Crippen molar-refractivity contribution in [2.75, 3.05) is 13.7 Å². The van der Waals surface area contributed by atoms with Crippen LogP contribution in [0.2, 0.25) is 5.15 Å². The molecule has 3 aromatic rings. The van der Waals surface area contributed by atoms with Crippen LogP contribution in [0.25, 0.3) is 10.9 Å². The van der Waals surface area contributed by atoms with E-state index < -0.39 is 0 Å². The zero-order chi connectivity index (χ0) is 19.8. The zero-order valence-corrected chi connectivity index (χ0v) is 17.0. The van der Waals surface area contributed by atoms with Crippen molar-refractivity contribution in [1.29, 1.82) is 0 Å². The lowest BCUT2D eigenvalue weighted by molar-refractivity contribution is 0.241. The number of fused-ring (bicyclic) bond motifs is 2. The van der Waals surface area contributed by atoms with Gasteiger partial charge in [0.1, 0.15) is 16.7 Å². The van der Waals surface area contributed by atoms with Crippen LogP contribution in [0.4, 0.5) is 0 Å². The normalized spacial score (nSPS) is 14.5. The van der Waals surface area contributed by atoms with Crippen molar-refractivity contribution in [2.24, 2.45) is 0 Å². The first-order valence-corrected chi connectivity index (χ1v) is 9.80. The van der Waals surface area contributed by atoms with Gasteiger partial charge in [-0.2, -0.15) is 0 Å². The molecule has 0 spiro atoms. The summed E-state index contributed by atoms with van der Waals surface area (Å²) in [5.74, 6) is 1.75. The second-order valence-electron chi connectivity index (χ2n) is 7.49. The van der Waals surface area contributed by atoms with Crippen molar-refractivity contribution in [3.05, 3.63) is 62.4 Å². The molecule has 7 heteroatoms. The minimum Gasteiger partial charge on any atom is -0.497 e. The van der Waals surface area contributed by atoms with E-state index in [9.17, 15) is 4.79 Å². The summed E-state index contributed by atoms with van der Waals surface area (Å²) in [4.78, 5) is 26.8. The van der Waals surface area contributed by atoms with E-state index in [4.69, 9.17) is 16.3 Å². The number of benzene rings is 1. The minimum absolute atomic E-state index is 0.0362. The number of hydrogen-bond donors (Lipinski definition) is 1. The fraction of sp³-hybridized carbons (Fsp3) is 0.381. The molecule has 1 aliphatic heterocycles. The molecule has 0 saturated heterocycles. The average molecular weight is 399 g/mol. The summed E-state index contributed by atoms with van der Waals surface area (Å²) in [7, 11) is 1.65. The van der Waals surface area contributed by atoms with Gasteiger partial charge in [0.15, 0.2) is 0 Å². The Labute approximate surface area is 168 Å². The number of nitrogens with zero attached hydrogens (tertiary/aromatic N) is 3. The Hall–Kier alpha value is -2.44. The summed E-state index contributed by atoms with van der Waals surface area (Å²) >= 11 is 6.43. The number of methoxy groups -OCH3 is 1. The highest BCUT2D eigenvalue weighted by Crippen LogP contribution is 2.26. The summed E-state index contributed by atoms with van der Waals surface area (Å²) in [6.45, 7) is 6.08. The topological polar surface area (TPSA) is 71.1 Å². The number of pyridine rings is 1. The van der Waals surface area contributed by atoms with E-state index in [0.29, 0.717) is 18.2 Å². The first-order chi connectivity index (χ1) is 13.4. The summed E-state index contributed by atoms with van der Waals surface area (Å²) in [6.07, 6.45) is 0.755. The zero-order valence-electron chi connectivity index (χ0n) is 16.3. The van der Waals surface area contributed by atoms with Crippen LogP contribution in [0.15, 0.2) is 29.1 Å². The number of H-pyrrole nitrogens is 1. The molecule has 0 fully saturated rings. The maximum atomic E-state index is 12.5. The largest absolute Gasteiger partial charge is 0.497 e. The van der Waals surface area contributed by atoms with Crippen LogP contribution in [0.1, 0.15) is 42.4 Å². The van der Waals surface area contributed by atoms with Crippen molar-refractivity contribution in [1.82, 2.24) is 19.9 Å². The number of hydrogen-bond acceptors (Lipinski definition) is 5. The van der Waals surface area contributed by atoms with Gasteiger partial charge in [-0.05, 0) is 24.3 Å². The molecular formula is C21H23ClN4O2. The third kappa shape index (κ3) is 3.62. The van der Waals surface area contributed by atoms with Gasteiger partial charge in [-0.1, -0.05) is 25.4 Å². The standard InChI is InChI=1S/C21H23ClN4O2/c1-12(2)20-24-18-6-7-26(11-16(18)21(27)25-20)10-14-8-13-9-15(28-3)4-5-17(13)23-19(14)22/h4-5,8-9,12H,6-7,10-11H2,1-3H3,(H,24,25,27). The van der Waals surface area contributed by atoms with Crippen molar-refractivity contribution in [3.8, 4) is 5.75 Å². The summed E-state index contributed by atoms with van der Waals surface area (Å²) in [6, 6.07) is 7.78. The maximum absolute atomic E-state index is 12.5. The van der Waals surface area contributed by atoms with E-state index >= 15 is 0 Å². The number of aromatic amines is 1. The molecule has 0 amide bonds. The number of rotatable bonds is 4. The molecule has 6 nitrogen and oxygen atoms in total. The van der Waals surface area contributed by atoms with Crippen molar-refractivity contribution in [2.45, 2.75) is 39.3 Å². The third-order valence-electron chi connectivity index (χ3n) is 5.15. The summed E-state index contributed by atoms with van der Waals surface area (Å²) in [5.41, 5.74) is 3.40. The van der Waals surface area contributed by atoms with Gasteiger partial charge in [-0.15, -0.1) is 0 Å². The fourth-order valence-corrected chi connectivity index (χ4v) is 3.77. The molecule has 3 heterocycles. The Morgan fingerprint density at radius 2 is 2.11 bits per heavy atom. The Bertz CT molecular complexity index is 1090. The molecule has 1 aliphatic rings. The molecule has 0 saturated carbocycles. The molecule has 1 aromatic carbocycles. The molecular weight excluding hydrogens is 376 g/mol. The highest BCUT2D eigenvalue weighted by molar-refractivity contribution is 6.30. The van der Waals surface area contributed by atoms with E-state index in [1.54, 1.807) is 7.11 Å². The van der Waals surface area contributed by atoms with Gasteiger partial charge in [0.2, 0.25) is 0 Å². The molecule has 0 unspecified atom stereocenters. The first kappa shape index (κ1) is 18.9. The lowest BCUT2D eigenvalue weighted by Gasteiger charge is -2.28. The quantitative estimate of drug-likeness (QED) is 0.679. The molecule has 1 N–H and O–H groups in total. The van der Waals surface area contributed by atoms with Crippen molar-refractivity contribution < 1.29 is 4.74 Å². The van der Waals surface area contributed by atoms with Crippen LogP contribution in [-0.4, -0.2) is 33.5 Å². The predicted octanol–water partition coefficient (Wildman–Crippen LogP) is 3.66. The highest BCUT2D eigenvalue weighted by Gasteiger charge is 2.22. The monoisotopic (exact) mass is 398 g/mol.